The van der Waals surface area contributed by atoms with E-state index in [4.69, 9.17) is 37.8 Å². The van der Waals surface area contributed by atoms with Crippen LogP contribution in [-0.2, 0) is 11.2 Å². The normalized spacial score (nSPS) is 19.4. The Balaban J connectivity index is 1.96. The molecular formula is C17H11Cl2F3O4. The number of alkyl halides is 3. The number of fused-ring (bicyclic) bond motifs is 1. The molecule has 0 spiro atoms. The van der Waals surface area contributed by atoms with Crippen molar-refractivity contribution in [1.29, 1.82) is 0 Å². The molecule has 0 fully saturated rings. The Morgan fingerprint density at radius 3 is 2.58 bits per heavy atom. The highest BCUT2D eigenvalue weighted by molar-refractivity contribution is 6.32. The molecular weight excluding hydrogens is 396 g/mol. The second kappa shape index (κ2) is 6.89. The van der Waals surface area contributed by atoms with Crippen LogP contribution in [0.15, 0.2) is 36.4 Å². The number of hydrogen-bond donors (Lipinski definition) is 1. The van der Waals surface area contributed by atoms with Gasteiger partial charge in [-0.15, -0.1) is 0 Å². The Bertz CT molecular complexity index is 854. The van der Waals surface area contributed by atoms with Crippen LogP contribution >= 0.6 is 23.2 Å². The van der Waals surface area contributed by atoms with Crippen molar-refractivity contribution in [3.05, 3.63) is 52.0 Å². The van der Waals surface area contributed by atoms with Crippen LogP contribution in [0.2, 0.25) is 10.0 Å². The van der Waals surface area contributed by atoms with Gasteiger partial charge in [0.1, 0.15) is 23.2 Å². The van der Waals surface area contributed by atoms with E-state index in [9.17, 15) is 18.0 Å². The van der Waals surface area contributed by atoms with Gasteiger partial charge in [-0.25, -0.2) is 0 Å². The predicted octanol–water partition coefficient (Wildman–Crippen LogP) is 5.35. The molecule has 138 valence electrons. The SMILES string of the molecule is O=C(O)[C@@H]1Cc2cc(Cl)c(Oc3cccc(Cl)c3)cc2O[C@@H]1C(F)(F)F. The van der Waals surface area contributed by atoms with Crippen molar-refractivity contribution in [2.24, 2.45) is 5.92 Å². The quantitative estimate of drug-likeness (QED) is 0.745. The summed E-state index contributed by atoms with van der Waals surface area (Å²) in [6, 6.07) is 8.94. The lowest BCUT2D eigenvalue weighted by molar-refractivity contribution is -0.217. The maximum Gasteiger partial charge on any atom is 0.426 e. The third kappa shape index (κ3) is 3.83. The summed E-state index contributed by atoms with van der Waals surface area (Å²) in [6.07, 6.45) is -7.63. The van der Waals surface area contributed by atoms with Crippen LogP contribution in [-0.4, -0.2) is 23.4 Å². The number of carbonyl (C=O) groups is 1. The lowest BCUT2D eigenvalue weighted by atomic mass is 9.90. The molecule has 9 heteroatoms. The molecule has 1 N–H and O–H groups in total. The van der Waals surface area contributed by atoms with Crippen LogP contribution in [0, 0.1) is 5.92 Å². The minimum Gasteiger partial charge on any atom is -0.481 e. The molecule has 0 saturated carbocycles. The van der Waals surface area contributed by atoms with Gasteiger partial charge in [-0.1, -0.05) is 29.3 Å². The third-order valence-electron chi connectivity index (χ3n) is 3.84. The molecule has 4 nitrogen and oxygen atoms in total. The predicted molar refractivity (Wildman–Crippen MR) is 88.3 cm³/mol. The van der Waals surface area contributed by atoms with Gasteiger partial charge in [0.05, 0.1) is 5.02 Å². The number of hydrogen-bond acceptors (Lipinski definition) is 3. The maximum atomic E-state index is 13.2. The van der Waals surface area contributed by atoms with Gasteiger partial charge >= 0.3 is 12.1 Å². The fraction of sp³-hybridized carbons (Fsp3) is 0.235. The van der Waals surface area contributed by atoms with Crippen molar-refractivity contribution in [1.82, 2.24) is 0 Å². The van der Waals surface area contributed by atoms with Crippen molar-refractivity contribution < 1.29 is 32.5 Å². The third-order valence-corrected chi connectivity index (χ3v) is 4.37. The number of halogens is 5. The summed E-state index contributed by atoms with van der Waals surface area (Å²) < 4.78 is 50.0. The summed E-state index contributed by atoms with van der Waals surface area (Å²) in [5.74, 6) is -3.05. The largest absolute Gasteiger partial charge is 0.481 e. The average molecular weight is 407 g/mol. The van der Waals surface area contributed by atoms with Gasteiger partial charge in [0.15, 0.2) is 0 Å². The van der Waals surface area contributed by atoms with E-state index in [0.29, 0.717) is 10.8 Å². The molecule has 0 bridgehead atoms. The minimum atomic E-state index is -4.83. The van der Waals surface area contributed by atoms with Crippen LogP contribution < -0.4 is 9.47 Å². The molecule has 0 unspecified atom stereocenters. The number of carboxylic acids is 1. The van der Waals surface area contributed by atoms with E-state index >= 15 is 0 Å². The first-order chi connectivity index (χ1) is 12.1. The van der Waals surface area contributed by atoms with Crippen molar-refractivity contribution in [3.8, 4) is 17.2 Å². The summed E-state index contributed by atoms with van der Waals surface area (Å²) in [5, 5.41) is 9.62. The number of aliphatic carboxylic acids is 1. The highest BCUT2D eigenvalue weighted by Crippen LogP contribution is 2.43. The Kier molecular flexibility index (Phi) is 4.94. The Morgan fingerprint density at radius 2 is 1.96 bits per heavy atom. The minimum absolute atomic E-state index is 0.0717. The van der Waals surface area contributed by atoms with E-state index < -0.39 is 24.2 Å². The van der Waals surface area contributed by atoms with Crippen LogP contribution in [0.3, 0.4) is 0 Å². The first kappa shape index (κ1) is 18.7. The Hall–Kier alpha value is -2.12. The molecule has 2 atom stereocenters. The molecule has 1 aliphatic rings. The second-order valence-corrected chi connectivity index (χ2v) is 6.52. The molecule has 0 radical (unpaired) electrons. The van der Waals surface area contributed by atoms with E-state index in [1.165, 1.54) is 18.2 Å². The molecule has 1 aliphatic heterocycles. The highest BCUT2D eigenvalue weighted by atomic mass is 35.5. The molecule has 26 heavy (non-hydrogen) atoms. The molecule has 2 aromatic rings. The van der Waals surface area contributed by atoms with Crippen molar-refractivity contribution in [2.45, 2.75) is 18.7 Å². The molecule has 0 amide bonds. The van der Waals surface area contributed by atoms with Gasteiger partial charge in [0.25, 0.3) is 0 Å². The van der Waals surface area contributed by atoms with Crippen LogP contribution in [0.1, 0.15) is 5.56 Å². The summed E-state index contributed by atoms with van der Waals surface area (Å²) in [7, 11) is 0. The zero-order chi connectivity index (χ0) is 19.1. The number of carboxylic acid groups (broad SMARTS) is 1. The van der Waals surface area contributed by atoms with E-state index in [1.54, 1.807) is 18.2 Å². The van der Waals surface area contributed by atoms with Crippen LogP contribution in [0.25, 0.3) is 0 Å². The zero-order valence-electron chi connectivity index (χ0n) is 12.9. The summed E-state index contributed by atoms with van der Waals surface area (Å²) >= 11 is 12.0. The molecule has 0 aliphatic carbocycles. The standard InChI is InChI=1S/C17H11Cl2F3O4/c18-9-2-1-3-10(6-9)25-14-7-13-8(5-12(14)19)4-11(16(23)24)15(26-13)17(20,21)22/h1-3,5-7,11,15H,4H2,(H,23,24)/t11-,15+/m1/s1. The van der Waals surface area contributed by atoms with E-state index in [0.717, 1.165) is 0 Å². The van der Waals surface area contributed by atoms with E-state index in [2.05, 4.69) is 0 Å². The van der Waals surface area contributed by atoms with Crippen LogP contribution in [0.4, 0.5) is 13.2 Å². The number of rotatable bonds is 3. The van der Waals surface area contributed by atoms with Gasteiger partial charge in [-0.2, -0.15) is 13.2 Å². The number of benzene rings is 2. The fourth-order valence-electron chi connectivity index (χ4n) is 2.66. The summed E-state index contributed by atoms with van der Waals surface area (Å²) in [5.41, 5.74) is 0.265. The smallest absolute Gasteiger partial charge is 0.426 e. The van der Waals surface area contributed by atoms with Crippen LogP contribution in [0.5, 0.6) is 17.2 Å². The first-order valence-electron chi connectivity index (χ1n) is 7.37. The maximum absolute atomic E-state index is 13.2. The molecule has 0 aromatic heterocycles. The van der Waals surface area contributed by atoms with Crippen molar-refractivity contribution in [3.63, 3.8) is 0 Å². The van der Waals surface area contributed by atoms with Crippen molar-refractivity contribution in [2.75, 3.05) is 0 Å². The number of ether oxygens (including phenoxy) is 2. The molecule has 2 aromatic carbocycles. The second-order valence-electron chi connectivity index (χ2n) is 5.68. The first-order valence-corrected chi connectivity index (χ1v) is 8.13. The lowest BCUT2D eigenvalue weighted by Gasteiger charge is -2.32. The zero-order valence-corrected chi connectivity index (χ0v) is 14.4. The molecule has 0 saturated heterocycles. The van der Waals surface area contributed by atoms with E-state index in [-0.39, 0.29) is 28.5 Å². The fourth-order valence-corrected chi connectivity index (χ4v) is 3.06. The topological polar surface area (TPSA) is 55.8 Å². The Morgan fingerprint density at radius 1 is 1.23 bits per heavy atom. The Labute approximate surface area is 156 Å². The average Bonchev–Trinajstić information content (AvgIpc) is 2.53. The lowest BCUT2D eigenvalue weighted by Crippen LogP contribution is -2.47. The molecule has 1 heterocycles. The van der Waals surface area contributed by atoms with Gasteiger partial charge in [0, 0.05) is 11.1 Å². The van der Waals surface area contributed by atoms with Gasteiger partial charge in [-0.05, 0) is 36.2 Å². The highest BCUT2D eigenvalue weighted by Gasteiger charge is 2.52. The monoisotopic (exact) mass is 406 g/mol. The van der Waals surface area contributed by atoms with E-state index in [1.807, 2.05) is 0 Å². The van der Waals surface area contributed by atoms with Gasteiger partial charge in [0.2, 0.25) is 6.10 Å². The summed E-state index contributed by atoms with van der Waals surface area (Å²) in [4.78, 5) is 11.2. The molecule has 3 rings (SSSR count). The van der Waals surface area contributed by atoms with Gasteiger partial charge < -0.3 is 14.6 Å². The van der Waals surface area contributed by atoms with Crippen molar-refractivity contribution >= 4 is 29.2 Å². The van der Waals surface area contributed by atoms with Gasteiger partial charge in [-0.3, -0.25) is 4.79 Å². The summed E-state index contributed by atoms with van der Waals surface area (Å²) in [6.45, 7) is 0.